The van der Waals surface area contributed by atoms with Crippen molar-refractivity contribution < 1.29 is 9.13 Å². The van der Waals surface area contributed by atoms with E-state index in [9.17, 15) is 4.39 Å². The van der Waals surface area contributed by atoms with Crippen LogP contribution in [0.25, 0.3) is 0 Å². The van der Waals surface area contributed by atoms with E-state index >= 15 is 0 Å². The molecule has 12 nitrogen and oxygen atoms in total. The van der Waals surface area contributed by atoms with Crippen molar-refractivity contribution >= 4 is 18.1 Å². The van der Waals surface area contributed by atoms with Gasteiger partial charge in [0.15, 0.2) is 5.82 Å². The lowest BCUT2D eigenvalue weighted by Gasteiger charge is -2.38. The molecule has 2 atom stereocenters. The quantitative estimate of drug-likeness (QED) is 0.568. The van der Waals surface area contributed by atoms with Crippen LogP contribution in [0, 0.1) is 5.82 Å². The Morgan fingerprint density at radius 1 is 1.00 bits per heavy atom. The lowest BCUT2D eigenvalue weighted by molar-refractivity contribution is 0.275. The van der Waals surface area contributed by atoms with Crippen LogP contribution in [-0.2, 0) is 6.61 Å². The molecule has 3 aliphatic heterocycles. The molecular formula is C20H22FN11O. The van der Waals surface area contributed by atoms with Crippen molar-refractivity contribution in [3.63, 3.8) is 0 Å². The minimum absolute atomic E-state index is 0.206. The number of hydrogen-bond acceptors (Lipinski definition) is 11. The Hall–Kier alpha value is -3.87. The van der Waals surface area contributed by atoms with Crippen LogP contribution in [0.3, 0.4) is 0 Å². The van der Waals surface area contributed by atoms with Crippen LogP contribution in [0.1, 0.15) is 37.4 Å². The number of nitrogens with zero attached hydrogens (tertiary/aromatic N) is 9. The van der Waals surface area contributed by atoms with Crippen LogP contribution in [0.5, 0.6) is 5.75 Å². The largest absolute Gasteiger partial charge is 0.486 e. The second-order valence-electron chi connectivity index (χ2n) is 8.25. The van der Waals surface area contributed by atoms with Crippen molar-refractivity contribution in [3.8, 4) is 5.75 Å². The van der Waals surface area contributed by atoms with E-state index in [1.54, 1.807) is 28.5 Å². The van der Waals surface area contributed by atoms with Crippen molar-refractivity contribution in [1.29, 1.82) is 0 Å². The van der Waals surface area contributed by atoms with E-state index < -0.39 is 5.82 Å². The molecule has 2 N–H and O–H groups in total. The van der Waals surface area contributed by atoms with E-state index in [-0.39, 0.29) is 6.04 Å². The summed E-state index contributed by atoms with van der Waals surface area (Å²) in [5, 5.41) is 14.6. The van der Waals surface area contributed by atoms with Crippen LogP contribution in [0.4, 0.5) is 16.2 Å². The SMILES string of the molecule is Fc1cnc(N2C3CCC2CC(n2ncc(COc4ccc(N5C=NNN5)nc4)n2)C3)nc1. The zero-order valence-corrected chi connectivity index (χ0v) is 17.6. The first-order chi connectivity index (χ1) is 16.2. The minimum atomic E-state index is -0.418. The molecule has 6 heterocycles. The Balaban J connectivity index is 1.07. The Morgan fingerprint density at radius 2 is 1.82 bits per heavy atom. The molecule has 2 saturated heterocycles. The van der Waals surface area contributed by atoms with Gasteiger partial charge in [0.1, 0.15) is 30.2 Å². The van der Waals surface area contributed by atoms with Gasteiger partial charge in [0.2, 0.25) is 5.95 Å². The maximum absolute atomic E-state index is 13.2. The highest BCUT2D eigenvalue weighted by Gasteiger charge is 2.43. The molecule has 6 rings (SSSR count). The summed E-state index contributed by atoms with van der Waals surface area (Å²) < 4.78 is 19.0. The van der Waals surface area contributed by atoms with E-state index in [1.807, 2.05) is 12.1 Å². The van der Waals surface area contributed by atoms with Crippen LogP contribution >= 0.6 is 0 Å². The van der Waals surface area contributed by atoms with Gasteiger partial charge in [-0.25, -0.2) is 29.9 Å². The van der Waals surface area contributed by atoms with Gasteiger partial charge in [-0.15, -0.1) is 5.53 Å². The smallest absolute Gasteiger partial charge is 0.225 e. The highest BCUT2D eigenvalue weighted by Crippen LogP contribution is 2.41. The minimum Gasteiger partial charge on any atom is -0.486 e. The average molecular weight is 451 g/mol. The zero-order chi connectivity index (χ0) is 22.2. The molecule has 3 aromatic heterocycles. The summed E-state index contributed by atoms with van der Waals surface area (Å²) in [6.45, 7) is 0.307. The van der Waals surface area contributed by atoms with Gasteiger partial charge in [-0.3, -0.25) is 0 Å². The molecule has 0 aliphatic carbocycles. The van der Waals surface area contributed by atoms with Crippen LogP contribution in [0.15, 0.2) is 42.0 Å². The fourth-order valence-corrected chi connectivity index (χ4v) is 4.73. The predicted octanol–water partition coefficient (Wildman–Crippen LogP) is 1.33. The van der Waals surface area contributed by atoms with Gasteiger partial charge in [0, 0.05) is 12.1 Å². The molecule has 33 heavy (non-hydrogen) atoms. The standard InChI is InChI=1S/C20H22FN11O/c21-13-7-23-20(24-8-13)31-15-1-2-16(31)6-17(5-15)32-26-9-14(27-32)11-33-18-3-4-19(22-10-18)30-12-25-28-29-30/h3-4,7-10,12,15-17,28-29H,1-2,5-6,11H2. The van der Waals surface area contributed by atoms with E-state index in [2.05, 4.69) is 46.2 Å². The fraction of sp³-hybridized carbons (Fsp3) is 0.400. The number of pyridine rings is 1. The Labute approximate surface area is 188 Å². The summed E-state index contributed by atoms with van der Waals surface area (Å²) in [6, 6.07) is 4.48. The average Bonchev–Trinajstić information content (AvgIpc) is 3.59. The maximum Gasteiger partial charge on any atom is 0.225 e. The summed E-state index contributed by atoms with van der Waals surface area (Å²) in [5.41, 5.74) is 6.20. The first-order valence-corrected chi connectivity index (χ1v) is 10.8. The molecule has 0 radical (unpaired) electrons. The molecule has 3 aromatic rings. The van der Waals surface area contributed by atoms with Gasteiger partial charge in [-0.2, -0.15) is 20.1 Å². The zero-order valence-electron chi connectivity index (χ0n) is 17.6. The van der Waals surface area contributed by atoms with E-state index in [0.29, 0.717) is 36.2 Å². The Bertz CT molecular complexity index is 1120. The van der Waals surface area contributed by atoms with Crippen molar-refractivity contribution in [1.82, 2.24) is 41.0 Å². The van der Waals surface area contributed by atoms with Crippen molar-refractivity contribution in [3.05, 3.63) is 48.4 Å². The fourth-order valence-electron chi connectivity index (χ4n) is 4.73. The third-order valence-corrected chi connectivity index (χ3v) is 6.19. The van der Waals surface area contributed by atoms with E-state index in [0.717, 1.165) is 31.4 Å². The molecule has 0 aromatic carbocycles. The van der Waals surface area contributed by atoms with Gasteiger partial charge >= 0.3 is 0 Å². The molecule has 0 amide bonds. The molecule has 2 fully saturated rings. The molecule has 3 aliphatic rings. The summed E-state index contributed by atoms with van der Waals surface area (Å²) in [5.74, 6) is 1.52. The molecule has 0 spiro atoms. The topological polar surface area (TPSA) is 122 Å². The van der Waals surface area contributed by atoms with Crippen LogP contribution < -0.4 is 25.7 Å². The van der Waals surface area contributed by atoms with Gasteiger partial charge in [-0.05, 0) is 37.8 Å². The number of aromatic nitrogens is 6. The highest BCUT2D eigenvalue weighted by atomic mass is 19.1. The van der Waals surface area contributed by atoms with Gasteiger partial charge in [0.25, 0.3) is 0 Å². The van der Waals surface area contributed by atoms with Crippen molar-refractivity contribution in [2.24, 2.45) is 5.10 Å². The Morgan fingerprint density at radius 3 is 2.52 bits per heavy atom. The van der Waals surface area contributed by atoms with Crippen LogP contribution in [0.2, 0.25) is 0 Å². The molecule has 2 bridgehead atoms. The number of piperidine rings is 1. The van der Waals surface area contributed by atoms with Crippen molar-refractivity contribution in [2.75, 3.05) is 9.91 Å². The molecule has 2 unspecified atom stereocenters. The van der Waals surface area contributed by atoms with E-state index in [1.165, 1.54) is 12.4 Å². The second-order valence-corrected chi connectivity index (χ2v) is 8.25. The Kier molecular flexibility index (Phi) is 4.94. The molecule has 0 saturated carbocycles. The molecule has 13 heteroatoms. The number of anilines is 2. The number of nitrogens with one attached hydrogen (secondary N) is 2. The lowest BCUT2D eigenvalue weighted by atomic mass is 9.98. The summed E-state index contributed by atoms with van der Waals surface area (Å²) in [6.07, 6.45) is 11.4. The van der Waals surface area contributed by atoms with Gasteiger partial charge in [0.05, 0.1) is 30.8 Å². The second kappa shape index (κ2) is 8.24. The maximum atomic E-state index is 13.2. The first-order valence-electron chi connectivity index (χ1n) is 10.8. The van der Waals surface area contributed by atoms with Gasteiger partial charge in [-0.1, -0.05) is 0 Å². The molecule has 170 valence electrons. The number of halogens is 1. The number of hydrazine groups is 2. The highest BCUT2D eigenvalue weighted by molar-refractivity contribution is 5.76. The normalized spacial score (nSPS) is 23.7. The first kappa shape index (κ1) is 19.8. The molecular weight excluding hydrogens is 429 g/mol. The van der Waals surface area contributed by atoms with E-state index in [4.69, 9.17) is 4.74 Å². The summed E-state index contributed by atoms with van der Waals surface area (Å²) in [7, 11) is 0. The third-order valence-electron chi connectivity index (χ3n) is 6.19. The number of rotatable bonds is 6. The number of hydrazone groups is 1. The van der Waals surface area contributed by atoms with Crippen LogP contribution in [-0.4, -0.2) is 48.4 Å². The lowest BCUT2D eigenvalue weighted by Crippen LogP contribution is -2.44. The summed E-state index contributed by atoms with van der Waals surface area (Å²) in [4.78, 5) is 16.8. The third kappa shape index (κ3) is 3.91. The number of hydrogen-bond donors (Lipinski definition) is 2. The van der Waals surface area contributed by atoms with Gasteiger partial charge < -0.3 is 9.64 Å². The number of fused-ring (bicyclic) bond motifs is 2. The van der Waals surface area contributed by atoms with Crippen molar-refractivity contribution in [2.45, 2.75) is 50.4 Å². The number of ether oxygens (including phenoxy) is 1. The predicted molar refractivity (Wildman–Crippen MR) is 115 cm³/mol. The summed E-state index contributed by atoms with van der Waals surface area (Å²) >= 11 is 0. The monoisotopic (exact) mass is 451 g/mol.